The molecule has 1 unspecified atom stereocenters. The Morgan fingerprint density at radius 2 is 2.06 bits per heavy atom. The number of hydrogen-bond donors (Lipinski definition) is 1. The average molecular weight is 234 g/mol. The van der Waals surface area contributed by atoms with E-state index in [9.17, 15) is 18.0 Å². The zero-order chi connectivity index (χ0) is 12.3. The third-order valence-corrected chi connectivity index (χ3v) is 1.82. The molecule has 88 valence electrons. The molecule has 0 bridgehead atoms. The van der Waals surface area contributed by atoms with Crippen LogP contribution in [0.3, 0.4) is 0 Å². The molecule has 0 aliphatic carbocycles. The van der Waals surface area contributed by atoms with Gasteiger partial charge in [-0.1, -0.05) is 6.07 Å². The molecule has 16 heavy (non-hydrogen) atoms. The fourth-order valence-corrected chi connectivity index (χ4v) is 1.00. The van der Waals surface area contributed by atoms with E-state index in [0.29, 0.717) is 0 Å². The lowest BCUT2D eigenvalue weighted by Crippen LogP contribution is -2.23. The van der Waals surface area contributed by atoms with Gasteiger partial charge in [0.25, 0.3) is 0 Å². The summed E-state index contributed by atoms with van der Waals surface area (Å²) in [5, 5.41) is 8.53. The van der Waals surface area contributed by atoms with Crippen molar-refractivity contribution in [3.8, 4) is 5.75 Å². The van der Waals surface area contributed by atoms with Gasteiger partial charge in [0.2, 0.25) is 0 Å². The van der Waals surface area contributed by atoms with Crippen molar-refractivity contribution in [1.29, 1.82) is 0 Å². The minimum atomic E-state index is -4.47. The molecular formula is C10H9F3O3. The molecule has 1 aromatic carbocycles. The zero-order valence-corrected chi connectivity index (χ0v) is 8.28. The van der Waals surface area contributed by atoms with Crippen molar-refractivity contribution in [2.45, 2.75) is 19.2 Å². The Bertz CT molecular complexity index is 387. The number of ether oxygens (including phenoxy) is 1. The van der Waals surface area contributed by atoms with Crippen LogP contribution in [-0.4, -0.2) is 17.2 Å². The molecule has 1 rings (SSSR count). The van der Waals surface area contributed by atoms with E-state index in [1.807, 2.05) is 0 Å². The highest BCUT2D eigenvalue weighted by Gasteiger charge is 2.30. The first kappa shape index (κ1) is 12.4. The number of halogens is 3. The predicted octanol–water partition coefficient (Wildman–Crippen LogP) is 2.56. The molecule has 1 N–H and O–H groups in total. The van der Waals surface area contributed by atoms with E-state index in [2.05, 4.69) is 0 Å². The van der Waals surface area contributed by atoms with Gasteiger partial charge in [0.05, 0.1) is 5.56 Å². The Morgan fingerprint density at radius 1 is 1.44 bits per heavy atom. The standard InChI is InChI=1S/C10H9F3O3/c1-6(9(14)15)16-8-4-2-3-7(5-8)10(11,12)13/h2-6H,1H3,(H,14,15). The van der Waals surface area contributed by atoms with Gasteiger partial charge in [0, 0.05) is 0 Å². The molecular weight excluding hydrogens is 225 g/mol. The van der Waals surface area contributed by atoms with Crippen LogP contribution in [0.2, 0.25) is 0 Å². The maximum Gasteiger partial charge on any atom is 0.416 e. The highest BCUT2D eigenvalue weighted by molar-refractivity contribution is 5.72. The first-order valence-electron chi connectivity index (χ1n) is 4.37. The molecule has 0 saturated carbocycles. The summed E-state index contributed by atoms with van der Waals surface area (Å²) in [7, 11) is 0. The number of hydrogen-bond acceptors (Lipinski definition) is 2. The van der Waals surface area contributed by atoms with Gasteiger partial charge < -0.3 is 9.84 Å². The Balaban J connectivity index is 2.87. The Kier molecular flexibility index (Phi) is 3.41. The van der Waals surface area contributed by atoms with Crippen molar-refractivity contribution >= 4 is 5.97 Å². The largest absolute Gasteiger partial charge is 0.479 e. The Morgan fingerprint density at radius 3 is 2.56 bits per heavy atom. The third kappa shape index (κ3) is 3.15. The number of carboxylic acid groups (broad SMARTS) is 1. The van der Waals surface area contributed by atoms with Crippen LogP contribution in [-0.2, 0) is 11.0 Å². The maximum absolute atomic E-state index is 12.3. The summed E-state index contributed by atoms with van der Waals surface area (Å²) in [5.41, 5.74) is -0.873. The molecule has 0 heterocycles. The second-order valence-corrected chi connectivity index (χ2v) is 3.12. The first-order chi connectivity index (χ1) is 7.30. The van der Waals surface area contributed by atoms with E-state index >= 15 is 0 Å². The fourth-order valence-electron chi connectivity index (χ4n) is 1.00. The van der Waals surface area contributed by atoms with Crippen LogP contribution in [0.4, 0.5) is 13.2 Å². The summed E-state index contributed by atoms with van der Waals surface area (Å²) >= 11 is 0. The molecule has 6 heteroatoms. The van der Waals surface area contributed by atoms with Crippen LogP contribution in [0, 0.1) is 0 Å². The van der Waals surface area contributed by atoms with Crippen molar-refractivity contribution < 1.29 is 27.8 Å². The van der Waals surface area contributed by atoms with Gasteiger partial charge in [0.1, 0.15) is 5.75 Å². The number of carboxylic acids is 1. The lowest BCUT2D eigenvalue weighted by molar-refractivity contribution is -0.144. The number of aliphatic carboxylic acids is 1. The number of benzene rings is 1. The molecule has 1 atom stereocenters. The first-order valence-corrected chi connectivity index (χ1v) is 4.37. The van der Waals surface area contributed by atoms with Crippen LogP contribution < -0.4 is 4.74 Å². The summed E-state index contributed by atoms with van der Waals surface area (Å²) in [5.74, 6) is -1.36. The van der Waals surface area contributed by atoms with Crippen LogP contribution in [0.5, 0.6) is 5.75 Å². The predicted molar refractivity (Wildman–Crippen MR) is 49.2 cm³/mol. The van der Waals surface area contributed by atoms with Gasteiger partial charge in [-0.25, -0.2) is 4.79 Å². The van der Waals surface area contributed by atoms with Crippen LogP contribution >= 0.6 is 0 Å². The van der Waals surface area contributed by atoms with Crippen molar-refractivity contribution in [3.63, 3.8) is 0 Å². The SMILES string of the molecule is CC(Oc1cccc(C(F)(F)F)c1)C(=O)O. The molecule has 0 aromatic heterocycles. The summed E-state index contributed by atoms with van der Waals surface area (Å²) in [6.07, 6.45) is -5.66. The van der Waals surface area contributed by atoms with Crippen LogP contribution in [0.15, 0.2) is 24.3 Å². The van der Waals surface area contributed by atoms with Gasteiger partial charge in [0.15, 0.2) is 6.10 Å². The van der Waals surface area contributed by atoms with Gasteiger partial charge in [-0.2, -0.15) is 13.2 Å². The summed E-state index contributed by atoms with van der Waals surface area (Å²) in [6, 6.07) is 4.08. The van der Waals surface area contributed by atoms with E-state index in [-0.39, 0.29) is 5.75 Å². The molecule has 0 fully saturated rings. The number of rotatable bonds is 3. The summed E-state index contributed by atoms with van der Waals surface area (Å²) in [6.45, 7) is 1.24. The molecule has 0 aliphatic rings. The second-order valence-electron chi connectivity index (χ2n) is 3.12. The normalized spacial score (nSPS) is 13.2. The quantitative estimate of drug-likeness (QED) is 0.874. The average Bonchev–Trinajstić information content (AvgIpc) is 2.16. The van der Waals surface area contributed by atoms with E-state index in [4.69, 9.17) is 9.84 Å². The van der Waals surface area contributed by atoms with Gasteiger partial charge in [-0.15, -0.1) is 0 Å². The summed E-state index contributed by atoms with van der Waals surface area (Å²) < 4.78 is 41.7. The topological polar surface area (TPSA) is 46.5 Å². The molecule has 0 aliphatic heterocycles. The van der Waals surface area contributed by atoms with Gasteiger partial charge in [-0.3, -0.25) is 0 Å². The molecule has 0 spiro atoms. The van der Waals surface area contributed by atoms with E-state index < -0.39 is 23.8 Å². The Hall–Kier alpha value is -1.72. The maximum atomic E-state index is 12.3. The van der Waals surface area contributed by atoms with Crippen molar-refractivity contribution in [1.82, 2.24) is 0 Å². The van der Waals surface area contributed by atoms with E-state index in [0.717, 1.165) is 18.2 Å². The minimum Gasteiger partial charge on any atom is -0.479 e. The third-order valence-electron chi connectivity index (χ3n) is 1.82. The van der Waals surface area contributed by atoms with Gasteiger partial charge in [-0.05, 0) is 25.1 Å². The van der Waals surface area contributed by atoms with E-state index in [1.165, 1.54) is 13.0 Å². The molecule has 0 amide bonds. The number of alkyl halides is 3. The molecule has 1 aromatic rings. The van der Waals surface area contributed by atoms with E-state index in [1.54, 1.807) is 0 Å². The van der Waals surface area contributed by atoms with Gasteiger partial charge >= 0.3 is 12.1 Å². The molecule has 3 nitrogen and oxygen atoms in total. The van der Waals surface area contributed by atoms with Crippen LogP contribution in [0.25, 0.3) is 0 Å². The lowest BCUT2D eigenvalue weighted by atomic mass is 10.2. The minimum absolute atomic E-state index is 0.121. The summed E-state index contributed by atoms with van der Waals surface area (Å²) in [4.78, 5) is 10.4. The highest BCUT2D eigenvalue weighted by atomic mass is 19.4. The smallest absolute Gasteiger partial charge is 0.416 e. The number of carbonyl (C=O) groups is 1. The van der Waals surface area contributed by atoms with Crippen molar-refractivity contribution in [3.05, 3.63) is 29.8 Å². The highest BCUT2D eigenvalue weighted by Crippen LogP contribution is 2.31. The fraction of sp³-hybridized carbons (Fsp3) is 0.300. The van der Waals surface area contributed by atoms with Crippen LogP contribution in [0.1, 0.15) is 12.5 Å². The molecule has 0 radical (unpaired) electrons. The zero-order valence-electron chi connectivity index (χ0n) is 8.28. The second kappa shape index (κ2) is 4.42. The van der Waals surface area contributed by atoms with Crippen molar-refractivity contribution in [2.24, 2.45) is 0 Å². The Labute approximate surface area is 89.5 Å². The lowest BCUT2D eigenvalue weighted by Gasteiger charge is -2.12. The van der Waals surface area contributed by atoms with Crippen molar-refractivity contribution in [2.75, 3.05) is 0 Å². The molecule has 0 saturated heterocycles. The monoisotopic (exact) mass is 234 g/mol.